The van der Waals surface area contributed by atoms with Gasteiger partial charge in [0.15, 0.2) is 0 Å². The number of benzene rings is 1. The molecule has 112 valence electrons. The summed E-state index contributed by atoms with van der Waals surface area (Å²) < 4.78 is 0.824. The number of thiophene rings is 1. The lowest BCUT2D eigenvalue weighted by molar-refractivity contribution is 0.0935. The van der Waals surface area contributed by atoms with Gasteiger partial charge in [-0.25, -0.2) is 0 Å². The summed E-state index contributed by atoms with van der Waals surface area (Å²) in [4.78, 5) is 12.9. The van der Waals surface area contributed by atoms with Gasteiger partial charge in [0.05, 0.1) is 10.0 Å². The molecule has 21 heavy (non-hydrogen) atoms. The Hall–Kier alpha value is -0.520. The normalized spacial score (nSPS) is 18.9. The van der Waals surface area contributed by atoms with Crippen LogP contribution in [0, 0.1) is 0 Å². The first-order valence-corrected chi connectivity index (χ1v) is 8.60. The molecule has 1 amide bonds. The maximum Gasteiger partial charge on any atom is 0.263 e. The molecular weight excluding hydrogens is 351 g/mol. The predicted molar refractivity (Wildman–Crippen MR) is 90.2 cm³/mol. The summed E-state index contributed by atoms with van der Waals surface area (Å²) in [6, 6.07) is 3.56. The van der Waals surface area contributed by atoms with Crippen LogP contribution >= 0.6 is 46.1 Å². The van der Waals surface area contributed by atoms with Crippen molar-refractivity contribution in [2.75, 3.05) is 13.1 Å². The second-order valence-corrected chi connectivity index (χ2v) is 7.30. The van der Waals surface area contributed by atoms with Crippen molar-refractivity contribution < 1.29 is 4.79 Å². The van der Waals surface area contributed by atoms with Gasteiger partial charge in [-0.15, -0.1) is 11.3 Å². The Bertz CT molecular complexity index is 695. The van der Waals surface area contributed by atoms with Crippen LogP contribution in [0.1, 0.15) is 22.5 Å². The summed E-state index contributed by atoms with van der Waals surface area (Å²) >= 11 is 19.8. The number of carbonyl (C=O) groups is 1. The van der Waals surface area contributed by atoms with Crippen LogP contribution in [0.3, 0.4) is 0 Å². The van der Waals surface area contributed by atoms with Crippen LogP contribution in [0.25, 0.3) is 10.1 Å². The van der Waals surface area contributed by atoms with E-state index in [0.717, 1.165) is 30.6 Å². The molecule has 1 atom stereocenters. The summed E-state index contributed by atoms with van der Waals surface area (Å²) in [6.07, 6.45) is 2.04. The molecular formula is C14H13Cl3N2OS. The van der Waals surface area contributed by atoms with Crippen molar-refractivity contribution in [3.8, 4) is 0 Å². The Balaban J connectivity index is 1.91. The Labute approximate surface area is 141 Å². The van der Waals surface area contributed by atoms with Gasteiger partial charge >= 0.3 is 0 Å². The first-order chi connectivity index (χ1) is 10.1. The molecule has 1 aromatic carbocycles. The number of halogens is 3. The van der Waals surface area contributed by atoms with Gasteiger partial charge in [-0.1, -0.05) is 34.8 Å². The van der Waals surface area contributed by atoms with Gasteiger partial charge in [-0.05, 0) is 31.5 Å². The molecule has 0 bridgehead atoms. The summed E-state index contributed by atoms with van der Waals surface area (Å²) in [6.45, 7) is 1.80. The maximum absolute atomic E-state index is 12.4. The molecule has 0 spiro atoms. The van der Waals surface area contributed by atoms with Gasteiger partial charge in [-0.3, -0.25) is 4.79 Å². The molecule has 2 N–H and O–H groups in total. The third-order valence-corrected chi connectivity index (χ3v) is 5.63. The Morgan fingerprint density at radius 1 is 1.33 bits per heavy atom. The summed E-state index contributed by atoms with van der Waals surface area (Å²) in [7, 11) is 0. The van der Waals surface area contributed by atoms with E-state index in [2.05, 4.69) is 10.6 Å². The van der Waals surface area contributed by atoms with E-state index in [1.165, 1.54) is 11.3 Å². The molecule has 7 heteroatoms. The van der Waals surface area contributed by atoms with Crippen molar-refractivity contribution in [1.29, 1.82) is 0 Å². The second kappa shape index (κ2) is 6.31. The van der Waals surface area contributed by atoms with Crippen LogP contribution in [0.15, 0.2) is 12.1 Å². The quantitative estimate of drug-likeness (QED) is 0.833. The number of hydrogen-bond acceptors (Lipinski definition) is 3. The SMILES string of the molecule is O=C(NC1CCCNC1)c1sc2cc(Cl)cc(Cl)c2c1Cl. The fourth-order valence-corrected chi connectivity index (χ4v) is 4.77. The molecule has 2 aromatic rings. The second-order valence-electron chi connectivity index (χ2n) is 5.02. The Morgan fingerprint density at radius 3 is 2.86 bits per heavy atom. The smallest absolute Gasteiger partial charge is 0.263 e. The Morgan fingerprint density at radius 2 is 2.14 bits per heavy atom. The van der Waals surface area contributed by atoms with Gasteiger partial charge in [0.2, 0.25) is 0 Å². The first-order valence-electron chi connectivity index (χ1n) is 6.65. The van der Waals surface area contributed by atoms with Gasteiger partial charge in [-0.2, -0.15) is 0 Å². The lowest BCUT2D eigenvalue weighted by Crippen LogP contribution is -2.45. The molecule has 1 unspecified atom stereocenters. The zero-order valence-corrected chi connectivity index (χ0v) is 14.1. The van der Waals surface area contributed by atoms with Crippen molar-refractivity contribution >= 4 is 62.1 Å². The minimum atomic E-state index is -0.151. The first kappa shape index (κ1) is 15.4. The number of carbonyl (C=O) groups excluding carboxylic acids is 1. The highest BCUT2D eigenvalue weighted by atomic mass is 35.5. The highest BCUT2D eigenvalue weighted by molar-refractivity contribution is 7.21. The standard InChI is InChI=1S/C14H13Cl3N2OS/c15-7-4-9(16)11-10(5-7)21-13(12(11)17)14(20)19-8-2-1-3-18-6-8/h4-5,8,18H,1-3,6H2,(H,19,20). The molecule has 1 saturated heterocycles. The minimum Gasteiger partial charge on any atom is -0.347 e. The van der Waals surface area contributed by atoms with Crippen LogP contribution < -0.4 is 10.6 Å². The lowest BCUT2D eigenvalue weighted by Gasteiger charge is -2.23. The molecule has 0 aliphatic carbocycles. The van der Waals surface area contributed by atoms with E-state index >= 15 is 0 Å². The third kappa shape index (κ3) is 3.15. The highest BCUT2D eigenvalue weighted by Crippen LogP contribution is 2.41. The van der Waals surface area contributed by atoms with Crippen molar-refractivity contribution in [3.63, 3.8) is 0 Å². The molecule has 1 aliphatic rings. The van der Waals surface area contributed by atoms with Gasteiger partial charge < -0.3 is 10.6 Å². The minimum absolute atomic E-state index is 0.145. The molecule has 1 fully saturated rings. The van der Waals surface area contributed by atoms with Crippen molar-refractivity contribution in [1.82, 2.24) is 10.6 Å². The van der Waals surface area contributed by atoms with Crippen molar-refractivity contribution in [2.45, 2.75) is 18.9 Å². The predicted octanol–water partition coefficient (Wildman–Crippen LogP) is 4.34. The lowest BCUT2D eigenvalue weighted by atomic mass is 10.1. The highest BCUT2D eigenvalue weighted by Gasteiger charge is 2.22. The zero-order valence-electron chi connectivity index (χ0n) is 11.0. The van der Waals surface area contributed by atoms with E-state index in [4.69, 9.17) is 34.8 Å². The van der Waals surface area contributed by atoms with E-state index in [9.17, 15) is 4.79 Å². The van der Waals surface area contributed by atoms with E-state index < -0.39 is 0 Å². The maximum atomic E-state index is 12.4. The van der Waals surface area contributed by atoms with Gasteiger partial charge in [0, 0.05) is 27.7 Å². The largest absolute Gasteiger partial charge is 0.347 e. The monoisotopic (exact) mass is 362 g/mol. The molecule has 0 saturated carbocycles. The van der Waals surface area contributed by atoms with Crippen molar-refractivity contribution in [3.05, 3.63) is 32.1 Å². The number of nitrogens with one attached hydrogen (secondary N) is 2. The van der Waals surface area contributed by atoms with E-state index in [-0.39, 0.29) is 11.9 Å². The molecule has 2 heterocycles. The molecule has 1 aliphatic heterocycles. The van der Waals surface area contributed by atoms with Gasteiger partial charge in [0.25, 0.3) is 5.91 Å². The number of fused-ring (bicyclic) bond motifs is 1. The average molecular weight is 364 g/mol. The third-order valence-electron chi connectivity index (χ3n) is 3.49. The van der Waals surface area contributed by atoms with Crippen molar-refractivity contribution in [2.24, 2.45) is 0 Å². The fraction of sp³-hybridized carbons (Fsp3) is 0.357. The average Bonchev–Trinajstić information content (AvgIpc) is 2.77. The van der Waals surface area contributed by atoms with Gasteiger partial charge in [0.1, 0.15) is 4.88 Å². The van der Waals surface area contributed by atoms with Crippen LogP contribution in [0.5, 0.6) is 0 Å². The Kier molecular flexibility index (Phi) is 4.62. The fourth-order valence-electron chi connectivity index (χ4n) is 2.48. The molecule has 3 rings (SSSR count). The zero-order chi connectivity index (χ0) is 15.0. The molecule has 3 nitrogen and oxygen atoms in total. The van der Waals surface area contributed by atoms with Crippen LogP contribution in [0.2, 0.25) is 15.1 Å². The summed E-state index contributed by atoms with van der Waals surface area (Å²) in [5.74, 6) is -0.151. The summed E-state index contributed by atoms with van der Waals surface area (Å²) in [5, 5.41) is 8.39. The number of piperidine rings is 1. The van der Waals surface area contributed by atoms with Crippen LogP contribution in [-0.4, -0.2) is 25.0 Å². The topological polar surface area (TPSA) is 41.1 Å². The molecule has 0 radical (unpaired) electrons. The number of amides is 1. The van der Waals surface area contributed by atoms with E-state index in [0.29, 0.717) is 25.3 Å². The van der Waals surface area contributed by atoms with Crippen LogP contribution in [0.4, 0.5) is 0 Å². The van der Waals surface area contributed by atoms with E-state index in [1.54, 1.807) is 12.1 Å². The van der Waals surface area contributed by atoms with E-state index in [1.807, 2.05) is 0 Å². The summed E-state index contributed by atoms with van der Waals surface area (Å²) in [5.41, 5.74) is 0. The van der Waals surface area contributed by atoms with Crippen LogP contribution in [-0.2, 0) is 0 Å². The number of rotatable bonds is 2. The molecule has 1 aromatic heterocycles. The number of hydrogen-bond donors (Lipinski definition) is 2.